The van der Waals surface area contributed by atoms with Crippen molar-refractivity contribution in [2.45, 2.75) is 13.5 Å². The second kappa shape index (κ2) is 4.82. The van der Waals surface area contributed by atoms with E-state index in [0.29, 0.717) is 6.61 Å². The van der Waals surface area contributed by atoms with Gasteiger partial charge in [-0.3, -0.25) is 0 Å². The number of rotatable bonds is 4. The van der Waals surface area contributed by atoms with Crippen LogP contribution < -0.4 is 4.74 Å². The molecule has 0 bridgehead atoms. The van der Waals surface area contributed by atoms with Crippen LogP contribution in [0.15, 0.2) is 41.4 Å². The third-order valence-electron chi connectivity index (χ3n) is 2.89. The summed E-state index contributed by atoms with van der Waals surface area (Å²) in [6.07, 6.45) is 2.09. The van der Waals surface area contributed by atoms with Gasteiger partial charge in [-0.15, -0.1) is 11.3 Å². The van der Waals surface area contributed by atoms with Crippen LogP contribution in [0.1, 0.15) is 12.6 Å². The summed E-state index contributed by atoms with van der Waals surface area (Å²) in [5.41, 5.74) is 4.15. The molecule has 0 amide bonds. The van der Waals surface area contributed by atoms with Gasteiger partial charge < -0.3 is 9.30 Å². The summed E-state index contributed by atoms with van der Waals surface area (Å²) in [4.78, 5) is 4.32. The topological polar surface area (TPSA) is 27.1 Å². The molecule has 18 heavy (non-hydrogen) atoms. The van der Waals surface area contributed by atoms with E-state index in [0.717, 1.165) is 23.4 Å². The monoisotopic (exact) mass is 258 g/mol. The van der Waals surface area contributed by atoms with E-state index in [9.17, 15) is 0 Å². The number of fused-ring (bicyclic) bond motifs is 1. The van der Waals surface area contributed by atoms with Gasteiger partial charge in [-0.05, 0) is 25.1 Å². The smallest absolute Gasteiger partial charge is 0.128 e. The first kappa shape index (κ1) is 11.3. The summed E-state index contributed by atoms with van der Waals surface area (Å²) in [6.45, 7) is 3.50. The van der Waals surface area contributed by atoms with Crippen molar-refractivity contribution in [2.24, 2.45) is 0 Å². The number of ether oxygens (including phenoxy) is 1. The number of benzene rings is 1. The van der Waals surface area contributed by atoms with Crippen molar-refractivity contribution in [3.8, 4) is 5.75 Å². The lowest BCUT2D eigenvalue weighted by Gasteiger charge is -2.06. The second-order valence-corrected chi connectivity index (χ2v) is 4.76. The van der Waals surface area contributed by atoms with Crippen LogP contribution in [0.25, 0.3) is 10.9 Å². The van der Waals surface area contributed by atoms with Crippen LogP contribution in [0.3, 0.4) is 0 Å². The zero-order valence-electron chi connectivity index (χ0n) is 10.2. The largest absolute Gasteiger partial charge is 0.493 e. The zero-order valence-corrected chi connectivity index (χ0v) is 11.0. The Labute approximate surface area is 110 Å². The molecule has 0 saturated carbocycles. The van der Waals surface area contributed by atoms with Crippen molar-refractivity contribution < 1.29 is 4.74 Å². The molecule has 0 fully saturated rings. The number of thiazole rings is 1. The van der Waals surface area contributed by atoms with Crippen molar-refractivity contribution in [1.29, 1.82) is 0 Å². The first-order valence-electron chi connectivity index (χ1n) is 5.96. The Balaban J connectivity index is 2.01. The van der Waals surface area contributed by atoms with Gasteiger partial charge in [0.15, 0.2) is 0 Å². The van der Waals surface area contributed by atoms with Crippen LogP contribution in [0.2, 0.25) is 0 Å². The van der Waals surface area contributed by atoms with Crippen LogP contribution >= 0.6 is 11.3 Å². The molecule has 4 heteroatoms. The lowest BCUT2D eigenvalue weighted by molar-refractivity contribution is 0.344. The van der Waals surface area contributed by atoms with Crippen molar-refractivity contribution >= 4 is 22.2 Å². The maximum atomic E-state index is 5.64. The van der Waals surface area contributed by atoms with Crippen LogP contribution in [0.4, 0.5) is 0 Å². The molecule has 0 radical (unpaired) electrons. The Morgan fingerprint density at radius 1 is 1.33 bits per heavy atom. The summed E-state index contributed by atoms with van der Waals surface area (Å²) in [6, 6.07) is 8.26. The first-order chi connectivity index (χ1) is 8.88. The van der Waals surface area contributed by atoms with Crippen molar-refractivity contribution in [2.75, 3.05) is 6.61 Å². The van der Waals surface area contributed by atoms with Gasteiger partial charge in [-0.25, -0.2) is 4.98 Å². The standard InChI is InChI=1S/C14H14N2OS/c1-2-17-14-5-3-4-13-12(14)6-7-16(13)8-11-9-18-10-15-11/h3-7,9-10H,2,8H2,1H3. The normalized spacial score (nSPS) is 10.9. The number of nitrogens with zero attached hydrogens (tertiary/aromatic N) is 2. The lowest BCUT2D eigenvalue weighted by Crippen LogP contribution is -1.98. The van der Waals surface area contributed by atoms with Crippen LogP contribution in [0.5, 0.6) is 5.75 Å². The fraction of sp³-hybridized carbons (Fsp3) is 0.214. The summed E-state index contributed by atoms with van der Waals surface area (Å²) < 4.78 is 7.84. The average Bonchev–Trinajstić information content (AvgIpc) is 3.01. The molecule has 0 unspecified atom stereocenters. The van der Waals surface area contributed by atoms with Gasteiger partial charge >= 0.3 is 0 Å². The highest BCUT2D eigenvalue weighted by atomic mass is 32.1. The van der Waals surface area contributed by atoms with Crippen LogP contribution in [0, 0.1) is 0 Å². The highest BCUT2D eigenvalue weighted by Gasteiger charge is 2.07. The Morgan fingerprint density at radius 2 is 2.28 bits per heavy atom. The third-order valence-corrected chi connectivity index (χ3v) is 3.52. The summed E-state index contributed by atoms with van der Waals surface area (Å²) >= 11 is 1.63. The van der Waals surface area contributed by atoms with Gasteiger partial charge in [0.1, 0.15) is 5.75 Å². The molecular weight excluding hydrogens is 244 g/mol. The number of hydrogen-bond acceptors (Lipinski definition) is 3. The van der Waals surface area contributed by atoms with E-state index in [1.165, 1.54) is 5.52 Å². The fourth-order valence-corrected chi connectivity index (χ4v) is 2.65. The van der Waals surface area contributed by atoms with Gasteiger partial charge in [0.05, 0.1) is 29.9 Å². The molecule has 92 valence electrons. The number of hydrogen-bond donors (Lipinski definition) is 0. The molecular formula is C14H14N2OS. The van der Waals surface area contributed by atoms with E-state index in [4.69, 9.17) is 4.74 Å². The Morgan fingerprint density at radius 3 is 3.06 bits per heavy atom. The van der Waals surface area contributed by atoms with Crippen molar-refractivity contribution in [1.82, 2.24) is 9.55 Å². The molecule has 0 spiro atoms. The molecule has 3 rings (SSSR count). The summed E-state index contributed by atoms with van der Waals surface area (Å²) in [5, 5.41) is 3.24. The van der Waals surface area contributed by atoms with Crippen molar-refractivity contribution in [3.63, 3.8) is 0 Å². The van der Waals surface area contributed by atoms with E-state index in [1.54, 1.807) is 11.3 Å². The molecule has 0 aliphatic heterocycles. The quantitative estimate of drug-likeness (QED) is 0.715. The maximum Gasteiger partial charge on any atom is 0.128 e. The minimum atomic E-state index is 0.691. The molecule has 0 saturated heterocycles. The highest BCUT2D eigenvalue weighted by molar-refractivity contribution is 7.07. The first-order valence-corrected chi connectivity index (χ1v) is 6.90. The predicted molar refractivity (Wildman–Crippen MR) is 74.3 cm³/mol. The van der Waals surface area contributed by atoms with Crippen LogP contribution in [-0.4, -0.2) is 16.2 Å². The second-order valence-electron chi connectivity index (χ2n) is 4.05. The Kier molecular flexibility index (Phi) is 3.02. The minimum Gasteiger partial charge on any atom is -0.493 e. The predicted octanol–water partition coefficient (Wildman–Crippen LogP) is 3.54. The van der Waals surface area contributed by atoms with E-state index in [2.05, 4.69) is 33.3 Å². The highest BCUT2D eigenvalue weighted by Crippen LogP contribution is 2.27. The molecule has 0 aliphatic carbocycles. The Bertz CT molecular complexity index is 643. The summed E-state index contributed by atoms with van der Waals surface area (Å²) in [7, 11) is 0. The average molecular weight is 258 g/mol. The third kappa shape index (κ3) is 1.99. The zero-order chi connectivity index (χ0) is 12.4. The summed E-state index contributed by atoms with van der Waals surface area (Å²) in [5.74, 6) is 0.951. The van der Waals surface area contributed by atoms with E-state index in [1.807, 2.05) is 24.6 Å². The SMILES string of the molecule is CCOc1cccc2c1ccn2Cc1cscn1. The molecule has 0 N–H and O–H groups in total. The van der Waals surface area contributed by atoms with E-state index < -0.39 is 0 Å². The van der Waals surface area contributed by atoms with E-state index in [-0.39, 0.29) is 0 Å². The van der Waals surface area contributed by atoms with Gasteiger partial charge in [0, 0.05) is 17.0 Å². The molecule has 1 aromatic carbocycles. The molecule has 0 atom stereocenters. The molecule has 3 aromatic rings. The maximum absolute atomic E-state index is 5.64. The van der Waals surface area contributed by atoms with Crippen molar-refractivity contribution in [3.05, 3.63) is 47.0 Å². The lowest BCUT2D eigenvalue weighted by atomic mass is 10.2. The number of aromatic nitrogens is 2. The van der Waals surface area contributed by atoms with E-state index >= 15 is 0 Å². The van der Waals surface area contributed by atoms with Gasteiger partial charge in [0.2, 0.25) is 0 Å². The Hall–Kier alpha value is -1.81. The van der Waals surface area contributed by atoms with Gasteiger partial charge in [0.25, 0.3) is 0 Å². The molecule has 2 heterocycles. The van der Waals surface area contributed by atoms with Crippen LogP contribution in [-0.2, 0) is 6.54 Å². The molecule has 0 aliphatic rings. The molecule has 2 aromatic heterocycles. The fourth-order valence-electron chi connectivity index (χ4n) is 2.10. The van der Waals surface area contributed by atoms with Gasteiger partial charge in [-0.2, -0.15) is 0 Å². The molecule has 3 nitrogen and oxygen atoms in total. The minimum absolute atomic E-state index is 0.691. The van der Waals surface area contributed by atoms with Gasteiger partial charge in [-0.1, -0.05) is 6.07 Å².